The zero-order valence-electron chi connectivity index (χ0n) is 10.1. The second-order valence-corrected chi connectivity index (χ2v) is 5.42. The number of carbonyl (C=O) groups excluding carboxylic acids is 1. The Morgan fingerprint density at radius 1 is 1.38 bits per heavy atom. The lowest BCUT2D eigenvalue weighted by atomic mass is 9.71. The first-order valence-electron chi connectivity index (χ1n) is 5.74. The smallest absolute Gasteiger partial charge is 0.248 e. The molecule has 4 heteroatoms. The fourth-order valence-corrected chi connectivity index (χ4v) is 2.18. The van der Waals surface area contributed by atoms with E-state index in [0.717, 1.165) is 0 Å². The molecule has 0 bridgehead atoms. The van der Waals surface area contributed by atoms with Gasteiger partial charge in [0.1, 0.15) is 5.78 Å². The molecule has 0 aromatic heterocycles. The molecule has 0 radical (unpaired) electrons. The quantitative estimate of drug-likeness (QED) is 0.815. The summed E-state index contributed by atoms with van der Waals surface area (Å²) in [6.07, 6.45) is -0.581. The second kappa shape index (κ2) is 4.40. The van der Waals surface area contributed by atoms with E-state index in [1.165, 1.54) is 6.92 Å². The zero-order valence-corrected chi connectivity index (χ0v) is 10.1. The molecule has 0 aromatic carbocycles. The van der Waals surface area contributed by atoms with Gasteiger partial charge >= 0.3 is 0 Å². The third-order valence-electron chi connectivity index (χ3n) is 3.86. The molecule has 0 saturated heterocycles. The number of aliphatic hydroxyl groups excluding tert-OH is 1. The lowest BCUT2D eigenvalue weighted by molar-refractivity contribution is -0.136. The first kappa shape index (κ1) is 13.6. The van der Waals surface area contributed by atoms with Crippen LogP contribution in [0.1, 0.15) is 46.5 Å². The SMILES string of the molecule is CC(=O)C(C)(C)C(O)C1CCC(F)(F)CC1. The van der Waals surface area contributed by atoms with E-state index in [0.29, 0.717) is 12.8 Å². The van der Waals surface area contributed by atoms with Crippen LogP contribution in [0.15, 0.2) is 0 Å². The van der Waals surface area contributed by atoms with E-state index in [4.69, 9.17) is 0 Å². The van der Waals surface area contributed by atoms with Crippen molar-refractivity contribution in [3.8, 4) is 0 Å². The molecular formula is C12H20F2O2. The summed E-state index contributed by atoms with van der Waals surface area (Å²) in [5, 5.41) is 10.1. The molecule has 1 rings (SSSR count). The lowest BCUT2D eigenvalue weighted by Crippen LogP contribution is -2.43. The third-order valence-corrected chi connectivity index (χ3v) is 3.86. The van der Waals surface area contributed by atoms with Crippen LogP contribution in [-0.2, 0) is 4.79 Å². The topological polar surface area (TPSA) is 37.3 Å². The minimum absolute atomic E-state index is 0.0997. The molecule has 1 aliphatic rings. The van der Waals surface area contributed by atoms with Crippen LogP contribution in [-0.4, -0.2) is 22.9 Å². The van der Waals surface area contributed by atoms with E-state index < -0.39 is 17.4 Å². The number of halogens is 2. The summed E-state index contributed by atoms with van der Waals surface area (Å²) in [5.41, 5.74) is -0.836. The normalized spacial score (nSPS) is 24.1. The maximum atomic E-state index is 12.9. The minimum Gasteiger partial charge on any atom is -0.392 e. The number of aliphatic hydroxyl groups is 1. The van der Waals surface area contributed by atoms with Gasteiger partial charge in [-0.2, -0.15) is 0 Å². The maximum absolute atomic E-state index is 12.9. The standard InChI is InChI=1S/C12H20F2O2/c1-8(15)11(2,3)10(16)9-4-6-12(13,14)7-5-9/h9-10,16H,4-7H2,1-3H3. The fraction of sp³-hybridized carbons (Fsp3) is 0.917. The predicted octanol–water partition coefficient (Wildman–Crippen LogP) is 2.79. The van der Waals surface area contributed by atoms with Gasteiger partial charge in [0.25, 0.3) is 0 Å². The molecule has 1 atom stereocenters. The molecule has 1 fully saturated rings. The van der Waals surface area contributed by atoms with Crippen LogP contribution in [0.25, 0.3) is 0 Å². The third kappa shape index (κ3) is 2.78. The minimum atomic E-state index is -2.59. The summed E-state index contributed by atoms with van der Waals surface area (Å²) < 4.78 is 25.9. The van der Waals surface area contributed by atoms with Crippen molar-refractivity contribution in [1.82, 2.24) is 0 Å². The Balaban J connectivity index is 2.64. The summed E-state index contributed by atoms with van der Waals surface area (Å²) >= 11 is 0. The largest absolute Gasteiger partial charge is 0.392 e. The first-order valence-corrected chi connectivity index (χ1v) is 5.74. The second-order valence-electron chi connectivity index (χ2n) is 5.42. The molecule has 0 amide bonds. The lowest BCUT2D eigenvalue weighted by Gasteiger charge is -2.37. The number of Topliss-reactive ketones (excluding diaryl/α,β-unsaturated/α-hetero) is 1. The van der Waals surface area contributed by atoms with Gasteiger partial charge in [-0.05, 0) is 25.7 Å². The first-order chi connectivity index (χ1) is 7.17. The molecule has 0 heterocycles. The summed E-state index contributed by atoms with van der Waals surface area (Å²) in [5.74, 6) is -2.87. The van der Waals surface area contributed by atoms with Gasteiger partial charge in [0.05, 0.1) is 6.10 Å². The summed E-state index contributed by atoms with van der Waals surface area (Å²) in [7, 11) is 0. The Kier molecular flexibility index (Phi) is 3.72. The van der Waals surface area contributed by atoms with Crippen LogP contribution < -0.4 is 0 Å². The molecule has 2 nitrogen and oxygen atoms in total. The van der Waals surface area contributed by atoms with Gasteiger partial charge in [0, 0.05) is 18.3 Å². The van der Waals surface area contributed by atoms with Gasteiger partial charge in [-0.3, -0.25) is 4.79 Å². The van der Waals surface area contributed by atoms with Crippen LogP contribution >= 0.6 is 0 Å². The number of carbonyl (C=O) groups is 1. The summed E-state index contributed by atoms with van der Waals surface area (Å²) in [6, 6.07) is 0. The van der Waals surface area contributed by atoms with E-state index in [1.54, 1.807) is 13.8 Å². The Morgan fingerprint density at radius 3 is 2.19 bits per heavy atom. The van der Waals surface area contributed by atoms with Crippen molar-refractivity contribution in [3.05, 3.63) is 0 Å². The highest BCUT2D eigenvalue weighted by molar-refractivity contribution is 5.82. The molecular weight excluding hydrogens is 214 g/mol. The van der Waals surface area contributed by atoms with E-state index in [2.05, 4.69) is 0 Å². The number of alkyl halides is 2. The summed E-state index contributed by atoms with van der Waals surface area (Å²) in [4.78, 5) is 11.4. The van der Waals surface area contributed by atoms with Gasteiger partial charge < -0.3 is 5.11 Å². The Morgan fingerprint density at radius 2 is 1.81 bits per heavy atom. The molecule has 1 saturated carbocycles. The highest BCUT2D eigenvalue weighted by Crippen LogP contribution is 2.41. The van der Waals surface area contributed by atoms with Gasteiger partial charge in [-0.1, -0.05) is 13.8 Å². The highest BCUT2D eigenvalue weighted by atomic mass is 19.3. The van der Waals surface area contributed by atoms with Crippen LogP contribution in [0.5, 0.6) is 0 Å². The van der Waals surface area contributed by atoms with E-state index in [9.17, 15) is 18.7 Å². The van der Waals surface area contributed by atoms with Crippen LogP contribution in [0.3, 0.4) is 0 Å². The fourth-order valence-electron chi connectivity index (χ4n) is 2.18. The van der Waals surface area contributed by atoms with Gasteiger partial charge in [-0.15, -0.1) is 0 Å². The van der Waals surface area contributed by atoms with Gasteiger partial charge in [0.2, 0.25) is 5.92 Å². The number of ketones is 1. The van der Waals surface area contributed by atoms with Crippen molar-refractivity contribution in [1.29, 1.82) is 0 Å². The van der Waals surface area contributed by atoms with Crippen LogP contribution in [0.4, 0.5) is 8.78 Å². The number of hydrogen-bond donors (Lipinski definition) is 1. The highest BCUT2D eigenvalue weighted by Gasteiger charge is 2.43. The van der Waals surface area contributed by atoms with Crippen molar-refractivity contribution in [3.63, 3.8) is 0 Å². The van der Waals surface area contributed by atoms with Crippen molar-refractivity contribution in [2.75, 3.05) is 0 Å². The van der Waals surface area contributed by atoms with E-state index in [-0.39, 0.29) is 24.5 Å². The molecule has 16 heavy (non-hydrogen) atoms. The monoisotopic (exact) mass is 234 g/mol. The average molecular weight is 234 g/mol. The van der Waals surface area contributed by atoms with Crippen LogP contribution in [0.2, 0.25) is 0 Å². The maximum Gasteiger partial charge on any atom is 0.248 e. The summed E-state index contributed by atoms with van der Waals surface area (Å²) in [6.45, 7) is 4.78. The molecule has 0 aliphatic heterocycles. The zero-order chi connectivity index (χ0) is 12.6. The Bertz CT molecular complexity index is 264. The van der Waals surface area contributed by atoms with Crippen molar-refractivity contribution in [2.45, 2.75) is 58.5 Å². The van der Waals surface area contributed by atoms with Crippen molar-refractivity contribution in [2.24, 2.45) is 11.3 Å². The molecule has 1 unspecified atom stereocenters. The van der Waals surface area contributed by atoms with Gasteiger partial charge in [0.15, 0.2) is 0 Å². The Labute approximate surface area is 95.0 Å². The van der Waals surface area contributed by atoms with E-state index in [1.807, 2.05) is 0 Å². The Hall–Kier alpha value is -0.510. The van der Waals surface area contributed by atoms with Crippen molar-refractivity contribution < 1.29 is 18.7 Å². The van der Waals surface area contributed by atoms with E-state index >= 15 is 0 Å². The van der Waals surface area contributed by atoms with Gasteiger partial charge in [-0.25, -0.2) is 8.78 Å². The molecule has 0 aromatic rings. The molecule has 1 N–H and O–H groups in total. The number of hydrogen-bond acceptors (Lipinski definition) is 2. The predicted molar refractivity (Wildman–Crippen MR) is 57.4 cm³/mol. The molecule has 1 aliphatic carbocycles. The molecule has 94 valence electrons. The molecule has 0 spiro atoms. The van der Waals surface area contributed by atoms with Crippen molar-refractivity contribution >= 4 is 5.78 Å². The van der Waals surface area contributed by atoms with Crippen LogP contribution in [0, 0.1) is 11.3 Å². The number of rotatable bonds is 3. The average Bonchev–Trinajstić information content (AvgIpc) is 2.16.